The maximum Gasteiger partial charge on any atom is 0.253 e. The van der Waals surface area contributed by atoms with Crippen molar-refractivity contribution in [3.8, 4) is 0 Å². The summed E-state index contributed by atoms with van der Waals surface area (Å²) in [6, 6.07) is 9.75. The van der Waals surface area contributed by atoms with Gasteiger partial charge in [0.1, 0.15) is 5.82 Å². The van der Waals surface area contributed by atoms with Crippen molar-refractivity contribution in [2.24, 2.45) is 5.10 Å². The summed E-state index contributed by atoms with van der Waals surface area (Å²) in [7, 11) is 0. The lowest BCUT2D eigenvalue weighted by molar-refractivity contribution is -0.130. The van der Waals surface area contributed by atoms with Crippen molar-refractivity contribution >= 4 is 51.9 Å². The smallest absolute Gasteiger partial charge is 0.253 e. The van der Waals surface area contributed by atoms with E-state index in [-0.39, 0.29) is 17.7 Å². The fourth-order valence-corrected chi connectivity index (χ4v) is 5.15. The van der Waals surface area contributed by atoms with Crippen LogP contribution in [0.1, 0.15) is 27.9 Å². The van der Waals surface area contributed by atoms with Crippen LogP contribution in [0.25, 0.3) is 0 Å². The zero-order chi connectivity index (χ0) is 18.8. The Morgan fingerprint density at radius 2 is 2.11 bits per heavy atom. The van der Waals surface area contributed by atoms with E-state index >= 15 is 0 Å². The van der Waals surface area contributed by atoms with Crippen LogP contribution in [-0.2, 0) is 4.79 Å². The highest BCUT2D eigenvalue weighted by Crippen LogP contribution is 2.36. The Kier molecular flexibility index (Phi) is 5.24. The monoisotopic (exact) mass is 415 g/mol. The number of hydrazone groups is 1. The predicted octanol–water partition coefficient (Wildman–Crippen LogP) is 3.96. The molecule has 3 aromatic heterocycles. The number of thioether (sulfide) groups is 1. The molecule has 0 bridgehead atoms. The fraction of sp³-hybridized carbons (Fsp3) is 0.222. The lowest BCUT2D eigenvalue weighted by Gasteiger charge is -2.20. The molecule has 0 fully saturated rings. The second-order valence-corrected chi connectivity index (χ2v) is 8.87. The van der Waals surface area contributed by atoms with E-state index < -0.39 is 0 Å². The molecule has 3 aromatic rings. The minimum absolute atomic E-state index is 0.0568. The molecule has 0 aliphatic carbocycles. The Morgan fingerprint density at radius 3 is 2.81 bits per heavy atom. The van der Waals surface area contributed by atoms with Gasteiger partial charge in [0.15, 0.2) is 5.16 Å². The number of carbonyl (C=O) groups excluding carboxylic acids is 1. The summed E-state index contributed by atoms with van der Waals surface area (Å²) in [4.78, 5) is 23.7. The number of aromatic nitrogens is 2. The summed E-state index contributed by atoms with van der Waals surface area (Å²) in [5, 5.41) is 10.8. The zero-order valence-corrected chi connectivity index (χ0v) is 17.0. The largest absolute Gasteiger partial charge is 0.384 e. The van der Waals surface area contributed by atoms with Gasteiger partial charge < -0.3 is 5.73 Å². The molecule has 0 spiro atoms. The first-order valence-corrected chi connectivity index (χ1v) is 11.1. The second-order valence-electron chi connectivity index (χ2n) is 6.00. The van der Waals surface area contributed by atoms with E-state index in [0.717, 1.165) is 27.6 Å². The van der Waals surface area contributed by atoms with Crippen LogP contribution >= 0.6 is 34.4 Å². The molecule has 1 unspecified atom stereocenters. The van der Waals surface area contributed by atoms with Crippen LogP contribution in [0.4, 0.5) is 5.82 Å². The van der Waals surface area contributed by atoms with Gasteiger partial charge >= 0.3 is 0 Å². The molecule has 0 aromatic carbocycles. The molecule has 0 saturated carbocycles. The van der Waals surface area contributed by atoms with E-state index in [0.29, 0.717) is 11.0 Å². The number of thiophene rings is 2. The highest BCUT2D eigenvalue weighted by molar-refractivity contribution is 7.99. The SMILES string of the molecule is Cc1cc(N)nc(SCC(=O)N2N=C(c3cccs3)CC2c2cccs2)n1. The number of carbonyl (C=O) groups is 1. The van der Waals surface area contributed by atoms with Crippen molar-refractivity contribution in [2.45, 2.75) is 24.5 Å². The summed E-state index contributed by atoms with van der Waals surface area (Å²) in [6.45, 7) is 1.86. The van der Waals surface area contributed by atoms with Crippen molar-refractivity contribution < 1.29 is 4.79 Å². The van der Waals surface area contributed by atoms with E-state index in [4.69, 9.17) is 5.73 Å². The fourth-order valence-electron chi connectivity index (χ4n) is 2.86. The van der Waals surface area contributed by atoms with Gasteiger partial charge in [-0.3, -0.25) is 4.79 Å². The Labute approximate surface area is 169 Å². The Morgan fingerprint density at radius 1 is 1.30 bits per heavy atom. The van der Waals surface area contributed by atoms with Gasteiger partial charge in [0.05, 0.1) is 22.4 Å². The maximum atomic E-state index is 12.9. The molecular weight excluding hydrogens is 398 g/mol. The first-order valence-electron chi connectivity index (χ1n) is 8.31. The molecular formula is C18H17N5OS3. The van der Waals surface area contributed by atoms with Crippen LogP contribution in [0.15, 0.2) is 51.3 Å². The van der Waals surface area contributed by atoms with Crippen molar-refractivity contribution in [1.29, 1.82) is 0 Å². The van der Waals surface area contributed by atoms with Crippen molar-refractivity contribution in [3.05, 3.63) is 56.5 Å². The van der Waals surface area contributed by atoms with Gasteiger partial charge in [-0.15, -0.1) is 22.7 Å². The average molecular weight is 416 g/mol. The number of amides is 1. The van der Waals surface area contributed by atoms with E-state index in [1.807, 2.05) is 35.9 Å². The van der Waals surface area contributed by atoms with Crippen LogP contribution in [0.5, 0.6) is 0 Å². The molecule has 0 radical (unpaired) electrons. The molecule has 1 atom stereocenters. The van der Waals surface area contributed by atoms with Gasteiger partial charge in [-0.2, -0.15) is 5.10 Å². The van der Waals surface area contributed by atoms with Gasteiger partial charge in [0.25, 0.3) is 5.91 Å². The topological polar surface area (TPSA) is 84.5 Å². The van der Waals surface area contributed by atoms with Crippen LogP contribution in [0.2, 0.25) is 0 Å². The van der Waals surface area contributed by atoms with Gasteiger partial charge in [-0.1, -0.05) is 23.9 Å². The van der Waals surface area contributed by atoms with Crippen LogP contribution in [0.3, 0.4) is 0 Å². The molecule has 1 aliphatic heterocycles. The summed E-state index contributed by atoms with van der Waals surface area (Å²) in [5.41, 5.74) is 7.51. The molecule has 4 heterocycles. The predicted molar refractivity (Wildman–Crippen MR) is 111 cm³/mol. The quantitative estimate of drug-likeness (QED) is 0.504. The van der Waals surface area contributed by atoms with Crippen LogP contribution < -0.4 is 5.73 Å². The lowest BCUT2D eigenvalue weighted by Crippen LogP contribution is -2.28. The van der Waals surface area contributed by atoms with Crippen molar-refractivity contribution in [3.63, 3.8) is 0 Å². The molecule has 4 rings (SSSR count). The number of anilines is 1. The highest BCUT2D eigenvalue weighted by Gasteiger charge is 2.34. The number of nitrogens with zero attached hydrogens (tertiary/aromatic N) is 4. The Bertz CT molecular complexity index is 949. The number of rotatable bonds is 5. The number of nitrogen functional groups attached to an aromatic ring is 1. The third-order valence-electron chi connectivity index (χ3n) is 4.02. The number of hydrogen-bond donors (Lipinski definition) is 1. The number of hydrogen-bond acceptors (Lipinski definition) is 8. The third kappa shape index (κ3) is 4.05. The lowest BCUT2D eigenvalue weighted by atomic mass is 10.1. The van der Waals surface area contributed by atoms with Crippen molar-refractivity contribution in [1.82, 2.24) is 15.0 Å². The molecule has 27 heavy (non-hydrogen) atoms. The summed E-state index contributed by atoms with van der Waals surface area (Å²) >= 11 is 4.57. The van der Waals surface area contributed by atoms with E-state index in [1.54, 1.807) is 33.7 Å². The minimum Gasteiger partial charge on any atom is -0.384 e. The average Bonchev–Trinajstić information content (AvgIpc) is 3.39. The Balaban J connectivity index is 1.53. The Hall–Kier alpha value is -2.23. The normalized spacial score (nSPS) is 16.6. The van der Waals surface area contributed by atoms with Crippen molar-refractivity contribution in [2.75, 3.05) is 11.5 Å². The molecule has 1 aliphatic rings. The molecule has 0 saturated heterocycles. The summed E-state index contributed by atoms with van der Waals surface area (Å²) in [6.07, 6.45) is 0.728. The highest BCUT2D eigenvalue weighted by atomic mass is 32.2. The summed E-state index contributed by atoms with van der Waals surface area (Å²) in [5.74, 6) is 0.563. The van der Waals surface area contributed by atoms with E-state index in [2.05, 4.69) is 21.1 Å². The molecule has 1 amide bonds. The minimum atomic E-state index is -0.0615. The molecule has 9 heteroatoms. The third-order valence-corrected chi connectivity index (χ3v) is 6.75. The molecule has 138 valence electrons. The van der Waals surface area contributed by atoms with Gasteiger partial charge in [0.2, 0.25) is 0 Å². The summed E-state index contributed by atoms with van der Waals surface area (Å²) < 4.78 is 0. The van der Waals surface area contributed by atoms with Crippen LogP contribution in [0, 0.1) is 6.92 Å². The second kappa shape index (κ2) is 7.79. The van der Waals surface area contributed by atoms with E-state index in [9.17, 15) is 4.79 Å². The van der Waals surface area contributed by atoms with Gasteiger partial charge in [-0.25, -0.2) is 15.0 Å². The first kappa shape index (κ1) is 18.1. The van der Waals surface area contributed by atoms with Crippen LogP contribution in [-0.4, -0.2) is 32.3 Å². The number of aryl methyl sites for hydroxylation is 1. The maximum absolute atomic E-state index is 12.9. The van der Waals surface area contributed by atoms with Gasteiger partial charge in [-0.05, 0) is 29.8 Å². The van der Waals surface area contributed by atoms with Gasteiger partial charge in [0, 0.05) is 23.1 Å². The van der Waals surface area contributed by atoms with E-state index in [1.165, 1.54) is 11.8 Å². The first-order chi connectivity index (χ1) is 13.1. The molecule has 6 nitrogen and oxygen atoms in total. The molecule has 2 N–H and O–H groups in total. The number of nitrogens with two attached hydrogens (primary N) is 1. The zero-order valence-electron chi connectivity index (χ0n) is 14.5. The standard InChI is InChI=1S/C18H17N5OS3/c1-11-8-16(19)21-18(20-11)27-10-17(24)23-13(15-5-3-7-26-15)9-12(22-23)14-4-2-6-25-14/h2-8,13H,9-10H2,1H3,(H2,19,20,21).